The largest absolute Gasteiger partial charge is 0.315 e. The molecule has 70 valence electrons. The lowest BCUT2D eigenvalue weighted by atomic mass is 9.79. The molecule has 2 fully saturated rings. The third kappa shape index (κ3) is 1.27. The number of nitrogens with one attached hydrogen (secondary N) is 1. The lowest BCUT2D eigenvalue weighted by Gasteiger charge is -2.53. The molecular weight excluding hydrogens is 148 g/mol. The molecule has 2 rings (SSSR count). The molecule has 2 heterocycles. The Balaban J connectivity index is 1.94. The van der Waals surface area contributed by atoms with E-state index < -0.39 is 0 Å². The smallest absolute Gasteiger partial charge is 0.0318 e. The van der Waals surface area contributed by atoms with Gasteiger partial charge in [0.05, 0.1) is 0 Å². The summed E-state index contributed by atoms with van der Waals surface area (Å²) in [7, 11) is 0. The summed E-state index contributed by atoms with van der Waals surface area (Å²) >= 11 is 0. The van der Waals surface area contributed by atoms with E-state index in [1.807, 2.05) is 0 Å². The first-order valence-electron chi connectivity index (χ1n) is 4.98. The molecule has 2 aliphatic rings. The Hall–Kier alpha value is -0.0800. The van der Waals surface area contributed by atoms with E-state index >= 15 is 0 Å². The van der Waals surface area contributed by atoms with Crippen molar-refractivity contribution in [3.63, 3.8) is 0 Å². The van der Waals surface area contributed by atoms with Gasteiger partial charge in [0, 0.05) is 25.2 Å². The molecule has 0 spiro atoms. The molecular formula is C10H20N2. The summed E-state index contributed by atoms with van der Waals surface area (Å²) < 4.78 is 0. The second kappa shape index (κ2) is 2.46. The van der Waals surface area contributed by atoms with Crippen LogP contribution in [0.25, 0.3) is 0 Å². The molecule has 0 radical (unpaired) electrons. The Morgan fingerprint density at radius 3 is 2.25 bits per heavy atom. The van der Waals surface area contributed by atoms with E-state index in [2.05, 4.69) is 31.0 Å². The van der Waals surface area contributed by atoms with Crippen LogP contribution < -0.4 is 5.32 Å². The minimum atomic E-state index is 0.468. The van der Waals surface area contributed by atoms with Gasteiger partial charge in [-0.25, -0.2) is 0 Å². The van der Waals surface area contributed by atoms with Gasteiger partial charge in [-0.15, -0.1) is 0 Å². The van der Waals surface area contributed by atoms with Crippen LogP contribution in [-0.2, 0) is 0 Å². The predicted octanol–water partition coefficient (Wildman–Crippen LogP) is 1.08. The third-order valence-electron chi connectivity index (χ3n) is 3.35. The number of nitrogens with zero attached hydrogens (tertiary/aromatic N) is 1. The van der Waals surface area contributed by atoms with Gasteiger partial charge in [0.15, 0.2) is 0 Å². The Bertz CT molecular complexity index is 172. The van der Waals surface area contributed by atoms with Gasteiger partial charge in [-0.05, 0) is 25.3 Å². The topological polar surface area (TPSA) is 15.3 Å². The van der Waals surface area contributed by atoms with Gasteiger partial charge in [0.25, 0.3) is 0 Å². The van der Waals surface area contributed by atoms with Crippen molar-refractivity contribution in [2.45, 2.75) is 32.7 Å². The minimum absolute atomic E-state index is 0.468. The molecule has 2 aliphatic heterocycles. The van der Waals surface area contributed by atoms with Crippen molar-refractivity contribution in [1.82, 2.24) is 10.2 Å². The summed E-state index contributed by atoms with van der Waals surface area (Å²) in [4.78, 5) is 2.63. The van der Waals surface area contributed by atoms with Gasteiger partial charge in [-0.1, -0.05) is 13.8 Å². The van der Waals surface area contributed by atoms with Crippen molar-refractivity contribution in [3.8, 4) is 0 Å². The highest BCUT2D eigenvalue weighted by atomic mass is 15.3. The zero-order valence-electron chi connectivity index (χ0n) is 8.48. The molecule has 1 N–H and O–H groups in total. The SMILES string of the molecule is CC1(C)CN(C2(C)CCNC2)C1. The first-order valence-corrected chi connectivity index (χ1v) is 4.98. The van der Waals surface area contributed by atoms with Gasteiger partial charge >= 0.3 is 0 Å². The molecule has 0 aromatic heterocycles. The van der Waals surface area contributed by atoms with Crippen molar-refractivity contribution < 1.29 is 0 Å². The highest BCUT2D eigenvalue weighted by Crippen LogP contribution is 2.37. The summed E-state index contributed by atoms with van der Waals surface area (Å²) in [5.74, 6) is 0. The Morgan fingerprint density at radius 1 is 1.17 bits per heavy atom. The molecule has 0 saturated carbocycles. The maximum atomic E-state index is 3.45. The van der Waals surface area contributed by atoms with Crippen LogP contribution in [-0.4, -0.2) is 36.6 Å². The number of hydrogen-bond donors (Lipinski definition) is 1. The maximum absolute atomic E-state index is 3.45. The molecule has 0 aliphatic carbocycles. The highest BCUT2D eigenvalue weighted by Gasteiger charge is 2.45. The van der Waals surface area contributed by atoms with Crippen LogP contribution in [0.3, 0.4) is 0 Å². The fourth-order valence-electron chi connectivity index (χ4n) is 2.44. The average molecular weight is 168 g/mol. The maximum Gasteiger partial charge on any atom is 0.0318 e. The summed E-state index contributed by atoms with van der Waals surface area (Å²) in [6.07, 6.45) is 1.32. The molecule has 0 bridgehead atoms. The van der Waals surface area contributed by atoms with Crippen molar-refractivity contribution in [1.29, 1.82) is 0 Å². The van der Waals surface area contributed by atoms with Crippen molar-refractivity contribution in [2.75, 3.05) is 26.2 Å². The first-order chi connectivity index (χ1) is 5.52. The van der Waals surface area contributed by atoms with Crippen LogP contribution in [0.15, 0.2) is 0 Å². The van der Waals surface area contributed by atoms with E-state index in [1.165, 1.54) is 32.6 Å². The van der Waals surface area contributed by atoms with Crippen LogP contribution in [0.2, 0.25) is 0 Å². The molecule has 2 nitrogen and oxygen atoms in total. The van der Waals surface area contributed by atoms with Gasteiger partial charge in [-0.2, -0.15) is 0 Å². The summed E-state index contributed by atoms with van der Waals surface area (Å²) in [6, 6.07) is 0. The molecule has 0 amide bonds. The zero-order valence-corrected chi connectivity index (χ0v) is 8.48. The van der Waals surface area contributed by atoms with Crippen LogP contribution in [0.4, 0.5) is 0 Å². The summed E-state index contributed by atoms with van der Waals surface area (Å²) in [5.41, 5.74) is 1.04. The molecule has 1 unspecified atom stereocenters. The van der Waals surface area contributed by atoms with Crippen LogP contribution in [0, 0.1) is 5.41 Å². The second-order valence-corrected chi connectivity index (χ2v) is 5.44. The minimum Gasteiger partial charge on any atom is -0.315 e. The number of rotatable bonds is 1. The van der Waals surface area contributed by atoms with Crippen LogP contribution in [0.5, 0.6) is 0 Å². The monoisotopic (exact) mass is 168 g/mol. The van der Waals surface area contributed by atoms with E-state index in [-0.39, 0.29) is 0 Å². The normalized spacial score (nSPS) is 41.2. The Labute approximate surface area is 75.3 Å². The Kier molecular flexibility index (Phi) is 1.74. The van der Waals surface area contributed by atoms with Gasteiger partial charge in [0.2, 0.25) is 0 Å². The molecule has 2 heteroatoms. The van der Waals surface area contributed by atoms with Gasteiger partial charge in [-0.3, -0.25) is 4.90 Å². The standard InChI is InChI=1S/C10H20N2/c1-9(2)7-12(8-9)10(3)4-5-11-6-10/h11H,4-8H2,1-3H3. The average Bonchev–Trinajstić information content (AvgIpc) is 2.32. The fraction of sp³-hybridized carbons (Fsp3) is 1.00. The van der Waals surface area contributed by atoms with Gasteiger partial charge in [0.1, 0.15) is 0 Å². The quantitative estimate of drug-likeness (QED) is 0.630. The van der Waals surface area contributed by atoms with E-state index in [4.69, 9.17) is 0 Å². The number of likely N-dealkylation sites (tertiary alicyclic amines) is 1. The van der Waals surface area contributed by atoms with Crippen molar-refractivity contribution in [3.05, 3.63) is 0 Å². The molecule has 0 aromatic carbocycles. The summed E-state index contributed by atoms with van der Waals surface area (Å²) in [6.45, 7) is 12.1. The molecule has 1 atom stereocenters. The van der Waals surface area contributed by atoms with E-state index in [9.17, 15) is 0 Å². The van der Waals surface area contributed by atoms with E-state index in [1.54, 1.807) is 0 Å². The fourth-order valence-corrected chi connectivity index (χ4v) is 2.44. The summed E-state index contributed by atoms with van der Waals surface area (Å²) in [5, 5.41) is 3.45. The third-order valence-corrected chi connectivity index (χ3v) is 3.35. The molecule has 0 aromatic rings. The van der Waals surface area contributed by atoms with Crippen LogP contribution >= 0.6 is 0 Å². The zero-order chi connectivity index (χ0) is 8.82. The highest BCUT2D eigenvalue weighted by molar-refractivity contribution is 5.02. The second-order valence-electron chi connectivity index (χ2n) is 5.44. The molecule has 12 heavy (non-hydrogen) atoms. The van der Waals surface area contributed by atoms with Gasteiger partial charge < -0.3 is 5.32 Å². The van der Waals surface area contributed by atoms with Crippen LogP contribution in [0.1, 0.15) is 27.2 Å². The first kappa shape index (κ1) is 8.52. The predicted molar refractivity (Wildman–Crippen MR) is 51.2 cm³/mol. The lowest BCUT2D eigenvalue weighted by molar-refractivity contribution is -0.0439. The molecule has 2 saturated heterocycles. The number of hydrogen-bond acceptors (Lipinski definition) is 2. The van der Waals surface area contributed by atoms with E-state index in [0.717, 1.165) is 0 Å². The Morgan fingerprint density at radius 2 is 1.83 bits per heavy atom. The van der Waals surface area contributed by atoms with Crippen molar-refractivity contribution in [2.24, 2.45) is 5.41 Å². The van der Waals surface area contributed by atoms with E-state index in [0.29, 0.717) is 11.0 Å². The lowest BCUT2D eigenvalue weighted by Crippen LogP contribution is -2.63. The van der Waals surface area contributed by atoms with Crippen molar-refractivity contribution >= 4 is 0 Å².